The highest BCUT2D eigenvalue weighted by atomic mass is 35.5. The van der Waals surface area contributed by atoms with Crippen molar-refractivity contribution < 1.29 is 30.7 Å². The third kappa shape index (κ3) is 4.15. The van der Waals surface area contributed by atoms with Gasteiger partial charge in [0.25, 0.3) is 0 Å². The summed E-state index contributed by atoms with van der Waals surface area (Å²) in [5.41, 5.74) is 4.75. The lowest BCUT2D eigenvalue weighted by Crippen LogP contribution is -2.60. The zero-order chi connectivity index (χ0) is 13.9. The Balaban J connectivity index is 0. The number of hydrogen-bond acceptors (Lipinski definition) is 1. The van der Waals surface area contributed by atoms with Crippen molar-refractivity contribution in [1.82, 2.24) is 0 Å². The second kappa shape index (κ2) is 6.79. The highest BCUT2D eigenvalue weighted by Crippen LogP contribution is 2.48. The molecule has 0 aromatic carbocycles. The molecule has 2 N–H and O–H groups in total. The molecule has 0 spiro atoms. The maximum Gasteiger partial charge on any atom is 0.459 e. The van der Waals surface area contributed by atoms with Crippen LogP contribution in [0.15, 0.2) is 0 Å². The molecule has 0 aliphatic heterocycles. The van der Waals surface area contributed by atoms with E-state index in [0.29, 0.717) is 12.8 Å². The van der Waals surface area contributed by atoms with Crippen molar-refractivity contribution in [2.75, 3.05) is 0 Å². The van der Waals surface area contributed by atoms with Gasteiger partial charge in [-0.05, 0) is 6.42 Å². The van der Waals surface area contributed by atoms with E-state index in [2.05, 4.69) is 0 Å². The van der Waals surface area contributed by atoms with E-state index in [0.717, 1.165) is 0 Å². The normalized spacial score (nSPS) is 15.2. The Hall–Kier alpha value is -0.240. The largest absolute Gasteiger partial charge is 0.459 e. The van der Waals surface area contributed by atoms with Crippen LogP contribution in [-0.4, -0.2) is 24.1 Å². The fourth-order valence-electron chi connectivity index (χ4n) is 1.22. The topological polar surface area (TPSA) is 26.0 Å². The van der Waals surface area contributed by atoms with Gasteiger partial charge in [0.1, 0.15) is 0 Å². The Morgan fingerprint density at radius 1 is 0.944 bits per heavy atom. The van der Waals surface area contributed by atoms with Gasteiger partial charge >= 0.3 is 18.0 Å². The van der Waals surface area contributed by atoms with Gasteiger partial charge in [-0.25, -0.2) is 0 Å². The van der Waals surface area contributed by atoms with Crippen molar-refractivity contribution >= 4 is 12.4 Å². The molecule has 0 rings (SSSR count). The number of halogens is 8. The van der Waals surface area contributed by atoms with Crippen LogP contribution in [0, 0.1) is 0 Å². The first-order valence-corrected chi connectivity index (χ1v) is 5.06. The van der Waals surface area contributed by atoms with E-state index in [1.165, 1.54) is 0 Å². The zero-order valence-electron chi connectivity index (χ0n) is 9.54. The lowest BCUT2D eigenvalue weighted by molar-refractivity contribution is -0.358. The summed E-state index contributed by atoms with van der Waals surface area (Å²) in [6, 6.07) is -2.51. The number of nitrogens with two attached hydrogens (primary N) is 1. The average Bonchev–Trinajstić information content (AvgIpc) is 2.15. The summed E-state index contributed by atoms with van der Waals surface area (Å²) in [5, 5.41) is 0. The first-order valence-electron chi connectivity index (χ1n) is 5.06. The van der Waals surface area contributed by atoms with Crippen molar-refractivity contribution in [3.8, 4) is 0 Å². The van der Waals surface area contributed by atoms with Crippen LogP contribution in [0.1, 0.15) is 32.6 Å². The molecule has 1 nitrogen and oxygen atoms in total. The van der Waals surface area contributed by atoms with Crippen LogP contribution in [-0.2, 0) is 0 Å². The van der Waals surface area contributed by atoms with E-state index in [1.54, 1.807) is 6.92 Å². The summed E-state index contributed by atoms with van der Waals surface area (Å²) in [4.78, 5) is 0. The minimum atomic E-state index is -6.31. The highest BCUT2D eigenvalue weighted by Gasteiger charge is 2.74. The molecule has 18 heavy (non-hydrogen) atoms. The van der Waals surface area contributed by atoms with Gasteiger partial charge in [0.2, 0.25) is 0 Å². The van der Waals surface area contributed by atoms with Crippen LogP contribution in [0.4, 0.5) is 30.7 Å². The van der Waals surface area contributed by atoms with Gasteiger partial charge in [0, 0.05) is 0 Å². The first-order chi connectivity index (χ1) is 7.48. The fourth-order valence-corrected chi connectivity index (χ4v) is 1.22. The lowest BCUT2D eigenvalue weighted by atomic mass is 9.98. The maximum absolute atomic E-state index is 12.9. The first kappa shape index (κ1) is 20.1. The zero-order valence-corrected chi connectivity index (χ0v) is 10.4. The van der Waals surface area contributed by atoms with Crippen LogP contribution < -0.4 is 5.73 Å². The van der Waals surface area contributed by atoms with E-state index in [4.69, 9.17) is 5.73 Å². The molecule has 0 bridgehead atoms. The second-order valence-electron chi connectivity index (χ2n) is 3.80. The van der Waals surface area contributed by atoms with Crippen LogP contribution in [0.3, 0.4) is 0 Å². The van der Waals surface area contributed by atoms with Crippen molar-refractivity contribution in [3.05, 3.63) is 0 Å². The van der Waals surface area contributed by atoms with Crippen molar-refractivity contribution in [2.45, 2.75) is 56.7 Å². The molecule has 0 aromatic rings. The summed E-state index contributed by atoms with van der Waals surface area (Å²) < 4.78 is 86.2. The van der Waals surface area contributed by atoms with Gasteiger partial charge < -0.3 is 5.73 Å². The summed E-state index contributed by atoms with van der Waals surface area (Å²) in [6.45, 7) is 1.73. The molecule has 0 saturated carbocycles. The minimum absolute atomic E-state index is 0. The van der Waals surface area contributed by atoms with E-state index >= 15 is 0 Å². The van der Waals surface area contributed by atoms with Gasteiger partial charge in [-0.15, -0.1) is 12.4 Å². The predicted octanol–water partition coefficient (Wildman–Crippen LogP) is 4.15. The van der Waals surface area contributed by atoms with Gasteiger partial charge in [0.05, 0.1) is 6.04 Å². The molecule has 1 atom stereocenters. The van der Waals surface area contributed by atoms with Crippen molar-refractivity contribution in [2.24, 2.45) is 5.73 Å². The Bertz CT molecular complexity index is 242. The second-order valence-corrected chi connectivity index (χ2v) is 3.80. The molecule has 0 heterocycles. The third-order valence-corrected chi connectivity index (χ3v) is 2.36. The molecular formula is C9H15ClF7N. The standard InChI is InChI=1S/C9H14F7N.ClH/c1-2-3-4-5-6(17)7(10,11)8(12,13)9(14,15)16;/h6H,2-5,17H2,1H3;1H/t6-;/m1./s1. The van der Waals surface area contributed by atoms with E-state index in [-0.39, 0.29) is 18.8 Å². The number of rotatable bonds is 6. The Morgan fingerprint density at radius 3 is 1.72 bits per heavy atom. The molecule has 0 aliphatic rings. The summed E-state index contributed by atoms with van der Waals surface area (Å²) in [6.07, 6.45) is -5.73. The van der Waals surface area contributed by atoms with Crippen LogP contribution >= 0.6 is 12.4 Å². The van der Waals surface area contributed by atoms with Gasteiger partial charge in [-0.2, -0.15) is 30.7 Å². The SMILES string of the molecule is CCCCC[C@@H](N)C(F)(F)C(F)(F)C(F)(F)F.Cl. The molecule has 0 aromatic heterocycles. The van der Waals surface area contributed by atoms with Gasteiger partial charge in [-0.3, -0.25) is 0 Å². The Labute approximate surface area is 106 Å². The predicted molar refractivity (Wildman–Crippen MR) is 55.3 cm³/mol. The highest BCUT2D eigenvalue weighted by molar-refractivity contribution is 5.85. The Morgan fingerprint density at radius 2 is 1.39 bits per heavy atom. The molecule has 0 amide bonds. The molecule has 0 unspecified atom stereocenters. The number of unbranched alkanes of at least 4 members (excludes halogenated alkanes) is 2. The lowest BCUT2D eigenvalue weighted by Gasteiger charge is -2.32. The minimum Gasteiger partial charge on any atom is -0.322 e. The fraction of sp³-hybridized carbons (Fsp3) is 1.00. The van der Waals surface area contributed by atoms with E-state index in [9.17, 15) is 30.7 Å². The third-order valence-electron chi connectivity index (χ3n) is 2.36. The van der Waals surface area contributed by atoms with Crippen LogP contribution in [0.25, 0.3) is 0 Å². The Kier molecular flexibility index (Phi) is 7.58. The molecule has 0 saturated heterocycles. The molecule has 0 fully saturated rings. The smallest absolute Gasteiger partial charge is 0.322 e. The average molecular weight is 306 g/mol. The molecule has 9 heteroatoms. The number of alkyl halides is 7. The van der Waals surface area contributed by atoms with Crippen LogP contribution in [0.2, 0.25) is 0 Å². The van der Waals surface area contributed by atoms with E-state index in [1.807, 2.05) is 0 Å². The van der Waals surface area contributed by atoms with Gasteiger partial charge in [0.15, 0.2) is 0 Å². The van der Waals surface area contributed by atoms with Gasteiger partial charge in [-0.1, -0.05) is 26.2 Å². The monoisotopic (exact) mass is 305 g/mol. The maximum atomic E-state index is 12.9. The quantitative estimate of drug-likeness (QED) is 0.579. The van der Waals surface area contributed by atoms with Crippen molar-refractivity contribution in [1.29, 1.82) is 0 Å². The summed E-state index contributed by atoms with van der Waals surface area (Å²) in [5.74, 6) is -11.4. The van der Waals surface area contributed by atoms with Crippen molar-refractivity contribution in [3.63, 3.8) is 0 Å². The molecule has 112 valence electrons. The summed E-state index contributed by atoms with van der Waals surface area (Å²) in [7, 11) is 0. The molecule has 0 radical (unpaired) electrons. The van der Waals surface area contributed by atoms with E-state index < -0.39 is 30.5 Å². The molecule has 0 aliphatic carbocycles. The molecular weight excluding hydrogens is 291 g/mol. The number of hydrogen-bond donors (Lipinski definition) is 1. The summed E-state index contributed by atoms with van der Waals surface area (Å²) >= 11 is 0. The van der Waals surface area contributed by atoms with Crippen LogP contribution in [0.5, 0.6) is 0 Å².